The highest BCUT2D eigenvalue weighted by atomic mass is 32.1. The normalized spacial score (nSPS) is 10.4. The SMILES string of the molecule is CC(=O)Nc1cc(C)c(C=NNC(N)=S)cc1C. The summed E-state index contributed by atoms with van der Waals surface area (Å²) in [6.07, 6.45) is 1.64. The van der Waals surface area contributed by atoms with Gasteiger partial charge in [-0.05, 0) is 54.9 Å². The van der Waals surface area contributed by atoms with Crippen LogP contribution in [0.3, 0.4) is 0 Å². The Morgan fingerprint density at radius 1 is 1.39 bits per heavy atom. The first-order valence-electron chi connectivity index (χ1n) is 5.37. The maximum absolute atomic E-state index is 11.0. The molecule has 0 heterocycles. The number of carbonyl (C=O) groups is 1. The minimum atomic E-state index is -0.0888. The van der Waals surface area contributed by atoms with E-state index in [9.17, 15) is 4.79 Å². The van der Waals surface area contributed by atoms with Crippen molar-refractivity contribution in [3.05, 3.63) is 28.8 Å². The first-order valence-corrected chi connectivity index (χ1v) is 5.78. The van der Waals surface area contributed by atoms with Gasteiger partial charge in [0.25, 0.3) is 0 Å². The molecule has 0 unspecified atom stereocenters. The van der Waals surface area contributed by atoms with Crippen molar-refractivity contribution in [1.82, 2.24) is 5.43 Å². The zero-order chi connectivity index (χ0) is 13.7. The third-order valence-corrected chi connectivity index (χ3v) is 2.39. The summed E-state index contributed by atoms with van der Waals surface area (Å²) in [7, 11) is 0. The van der Waals surface area contributed by atoms with Crippen LogP contribution in [0.15, 0.2) is 17.2 Å². The van der Waals surface area contributed by atoms with Crippen LogP contribution >= 0.6 is 12.2 Å². The van der Waals surface area contributed by atoms with Crippen LogP contribution in [0.25, 0.3) is 0 Å². The maximum Gasteiger partial charge on any atom is 0.221 e. The number of benzene rings is 1. The highest BCUT2D eigenvalue weighted by molar-refractivity contribution is 7.80. The number of amides is 1. The van der Waals surface area contributed by atoms with Gasteiger partial charge >= 0.3 is 0 Å². The van der Waals surface area contributed by atoms with Crippen LogP contribution in [-0.2, 0) is 4.79 Å². The van der Waals surface area contributed by atoms with Gasteiger partial charge in [0.2, 0.25) is 5.91 Å². The number of hydrogen-bond donors (Lipinski definition) is 3. The monoisotopic (exact) mass is 264 g/mol. The first kappa shape index (κ1) is 14.1. The van der Waals surface area contributed by atoms with E-state index < -0.39 is 0 Å². The number of rotatable bonds is 3. The molecule has 6 heteroatoms. The van der Waals surface area contributed by atoms with E-state index in [0.717, 1.165) is 22.4 Å². The lowest BCUT2D eigenvalue weighted by Crippen LogP contribution is -2.24. The van der Waals surface area contributed by atoms with E-state index in [1.165, 1.54) is 6.92 Å². The predicted octanol–water partition coefficient (Wildman–Crippen LogP) is 1.43. The van der Waals surface area contributed by atoms with Crippen molar-refractivity contribution in [1.29, 1.82) is 0 Å². The fourth-order valence-electron chi connectivity index (χ4n) is 1.47. The summed E-state index contributed by atoms with van der Waals surface area (Å²) in [6, 6.07) is 3.84. The van der Waals surface area contributed by atoms with Crippen LogP contribution < -0.4 is 16.5 Å². The second-order valence-electron chi connectivity index (χ2n) is 3.94. The standard InChI is InChI=1S/C12H16N4OS/c1-7-5-11(15-9(3)17)8(2)4-10(7)6-14-16-12(13)18/h4-6H,1-3H3,(H,15,17)(H3,13,16,18). The van der Waals surface area contributed by atoms with Gasteiger partial charge < -0.3 is 11.1 Å². The average Bonchev–Trinajstić information content (AvgIpc) is 2.23. The van der Waals surface area contributed by atoms with Gasteiger partial charge in [-0.2, -0.15) is 5.10 Å². The summed E-state index contributed by atoms with van der Waals surface area (Å²) in [5.74, 6) is -0.0888. The number of carbonyl (C=O) groups excluding carboxylic acids is 1. The van der Waals surface area contributed by atoms with Crippen LogP contribution in [0, 0.1) is 13.8 Å². The second kappa shape index (κ2) is 6.11. The van der Waals surface area contributed by atoms with E-state index in [1.807, 2.05) is 26.0 Å². The number of nitrogens with two attached hydrogens (primary N) is 1. The molecule has 0 saturated carbocycles. The maximum atomic E-state index is 11.0. The van der Waals surface area contributed by atoms with Crippen LogP contribution in [0.5, 0.6) is 0 Å². The Kier molecular flexibility index (Phi) is 4.79. The molecular formula is C12H16N4OS. The van der Waals surface area contributed by atoms with Gasteiger partial charge in [0.05, 0.1) is 6.21 Å². The number of hydrogen-bond acceptors (Lipinski definition) is 3. The highest BCUT2D eigenvalue weighted by Crippen LogP contribution is 2.19. The van der Waals surface area contributed by atoms with Gasteiger partial charge in [-0.25, -0.2) is 0 Å². The van der Waals surface area contributed by atoms with Crippen LogP contribution in [0.2, 0.25) is 0 Å². The van der Waals surface area contributed by atoms with E-state index in [4.69, 9.17) is 5.73 Å². The van der Waals surface area contributed by atoms with E-state index in [-0.39, 0.29) is 11.0 Å². The fraction of sp³-hybridized carbons (Fsp3) is 0.250. The fourth-order valence-corrected chi connectivity index (χ4v) is 1.52. The molecule has 0 aliphatic carbocycles. The second-order valence-corrected chi connectivity index (χ2v) is 4.38. The number of nitrogens with zero attached hydrogens (tertiary/aromatic N) is 1. The molecule has 4 N–H and O–H groups in total. The Morgan fingerprint density at radius 2 is 2.06 bits per heavy atom. The van der Waals surface area contributed by atoms with Crippen molar-refractivity contribution in [3.8, 4) is 0 Å². The molecule has 0 aliphatic heterocycles. The van der Waals surface area contributed by atoms with Gasteiger partial charge in [-0.1, -0.05) is 0 Å². The first-order chi connectivity index (χ1) is 8.40. The van der Waals surface area contributed by atoms with Crippen LogP contribution in [0.4, 0.5) is 5.69 Å². The quantitative estimate of drug-likeness (QED) is 0.438. The molecule has 0 fully saturated rings. The summed E-state index contributed by atoms with van der Waals surface area (Å²) in [4.78, 5) is 11.0. The lowest BCUT2D eigenvalue weighted by atomic mass is 10.0. The number of nitrogens with one attached hydrogen (secondary N) is 2. The Hall–Kier alpha value is -1.95. The van der Waals surface area contributed by atoms with E-state index in [0.29, 0.717) is 0 Å². The minimum absolute atomic E-state index is 0.0888. The zero-order valence-electron chi connectivity index (χ0n) is 10.6. The van der Waals surface area contributed by atoms with E-state index >= 15 is 0 Å². The predicted molar refractivity (Wildman–Crippen MR) is 77.7 cm³/mol. The van der Waals surface area contributed by atoms with E-state index in [2.05, 4.69) is 28.1 Å². The Bertz CT molecular complexity index is 511. The molecule has 18 heavy (non-hydrogen) atoms. The smallest absolute Gasteiger partial charge is 0.221 e. The minimum Gasteiger partial charge on any atom is -0.375 e. The Labute approximate surface area is 111 Å². The van der Waals surface area contributed by atoms with Crippen molar-refractivity contribution in [2.75, 3.05) is 5.32 Å². The van der Waals surface area contributed by atoms with Gasteiger partial charge in [-0.15, -0.1) is 0 Å². The Morgan fingerprint density at radius 3 is 2.61 bits per heavy atom. The van der Waals surface area contributed by atoms with Gasteiger partial charge in [0, 0.05) is 12.6 Å². The van der Waals surface area contributed by atoms with Crippen molar-refractivity contribution in [3.63, 3.8) is 0 Å². The molecule has 0 atom stereocenters. The Balaban J connectivity index is 2.96. The topological polar surface area (TPSA) is 79.5 Å². The molecule has 5 nitrogen and oxygen atoms in total. The third-order valence-electron chi connectivity index (χ3n) is 2.30. The van der Waals surface area contributed by atoms with Crippen molar-refractivity contribution in [2.45, 2.75) is 20.8 Å². The summed E-state index contributed by atoms with van der Waals surface area (Å²) in [5, 5.41) is 6.80. The zero-order valence-corrected chi connectivity index (χ0v) is 11.4. The summed E-state index contributed by atoms with van der Waals surface area (Å²) < 4.78 is 0. The summed E-state index contributed by atoms with van der Waals surface area (Å²) in [6.45, 7) is 5.34. The largest absolute Gasteiger partial charge is 0.375 e. The molecule has 1 aromatic carbocycles. The van der Waals surface area contributed by atoms with Gasteiger partial charge in [0.1, 0.15) is 0 Å². The van der Waals surface area contributed by atoms with Crippen molar-refractivity contribution in [2.24, 2.45) is 10.8 Å². The lowest BCUT2D eigenvalue weighted by molar-refractivity contribution is -0.114. The average molecular weight is 264 g/mol. The van der Waals surface area contributed by atoms with Gasteiger partial charge in [-0.3, -0.25) is 10.2 Å². The molecule has 1 rings (SSSR count). The number of aryl methyl sites for hydroxylation is 2. The number of hydrazone groups is 1. The summed E-state index contributed by atoms with van der Waals surface area (Å²) >= 11 is 4.64. The molecule has 1 amide bonds. The van der Waals surface area contributed by atoms with Gasteiger partial charge in [0.15, 0.2) is 5.11 Å². The van der Waals surface area contributed by atoms with Crippen molar-refractivity contribution < 1.29 is 4.79 Å². The molecule has 0 aromatic heterocycles. The van der Waals surface area contributed by atoms with E-state index in [1.54, 1.807) is 6.21 Å². The molecule has 1 aromatic rings. The highest BCUT2D eigenvalue weighted by Gasteiger charge is 2.04. The van der Waals surface area contributed by atoms with Crippen LogP contribution in [0.1, 0.15) is 23.6 Å². The van der Waals surface area contributed by atoms with Crippen LogP contribution in [-0.4, -0.2) is 17.2 Å². The molecule has 96 valence electrons. The lowest BCUT2D eigenvalue weighted by Gasteiger charge is -2.10. The molecule has 0 radical (unpaired) electrons. The molecule has 0 aliphatic rings. The van der Waals surface area contributed by atoms with Crippen molar-refractivity contribution >= 4 is 35.1 Å². The number of anilines is 1. The molecule has 0 saturated heterocycles. The molecular weight excluding hydrogens is 248 g/mol. The summed E-state index contributed by atoms with van der Waals surface area (Å²) in [5.41, 5.74) is 11.5. The molecule has 0 spiro atoms. The molecule has 0 bridgehead atoms. The third kappa shape index (κ3) is 4.14. The number of thiocarbonyl (C=S) groups is 1.